The van der Waals surface area contributed by atoms with Crippen molar-refractivity contribution in [2.45, 2.75) is 6.92 Å². The van der Waals surface area contributed by atoms with Gasteiger partial charge in [-0.3, -0.25) is 0 Å². The fourth-order valence-electron chi connectivity index (χ4n) is 1.54. The van der Waals surface area contributed by atoms with Gasteiger partial charge in [0.15, 0.2) is 5.13 Å². The van der Waals surface area contributed by atoms with Gasteiger partial charge in [0.25, 0.3) is 0 Å². The Bertz CT molecular complexity index is 479. The molecule has 0 saturated heterocycles. The number of aryl methyl sites for hydroxylation is 1. The minimum Gasteiger partial charge on any atom is -0.496 e. The van der Waals surface area contributed by atoms with Gasteiger partial charge in [-0.05, 0) is 18.6 Å². The molecule has 0 aliphatic heterocycles. The summed E-state index contributed by atoms with van der Waals surface area (Å²) in [7, 11) is 1.67. The number of aromatic nitrogens is 1. The molecule has 0 unspecified atom stereocenters. The molecular weight excluding hydrogens is 208 g/mol. The smallest absolute Gasteiger partial charge is 0.180 e. The van der Waals surface area contributed by atoms with Gasteiger partial charge in [0.1, 0.15) is 5.75 Å². The first-order valence-corrected chi connectivity index (χ1v) is 5.45. The van der Waals surface area contributed by atoms with Gasteiger partial charge in [-0.2, -0.15) is 0 Å². The third-order valence-corrected chi connectivity index (χ3v) is 2.89. The quantitative estimate of drug-likeness (QED) is 0.846. The lowest BCUT2D eigenvalue weighted by Crippen LogP contribution is -1.91. The number of anilines is 1. The molecule has 0 radical (unpaired) electrons. The second kappa shape index (κ2) is 3.90. The molecule has 2 N–H and O–H groups in total. The third-order valence-electron chi connectivity index (χ3n) is 2.21. The zero-order valence-electron chi connectivity index (χ0n) is 8.65. The van der Waals surface area contributed by atoms with Crippen LogP contribution in [0.4, 0.5) is 5.13 Å². The van der Waals surface area contributed by atoms with E-state index < -0.39 is 0 Å². The number of thiazole rings is 1. The van der Waals surface area contributed by atoms with E-state index in [2.05, 4.69) is 4.98 Å². The van der Waals surface area contributed by atoms with Crippen molar-refractivity contribution < 1.29 is 4.74 Å². The van der Waals surface area contributed by atoms with E-state index in [1.807, 2.05) is 30.5 Å². The first kappa shape index (κ1) is 9.98. The van der Waals surface area contributed by atoms with Crippen molar-refractivity contribution in [2.24, 2.45) is 0 Å². The van der Waals surface area contributed by atoms with Crippen LogP contribution in [0, 0.1) is 6.92 Å². The highest BCUT2D eigenvalue weighted by Crippen LogP contribution is 2.33. The number of hydrogen-bond donors (Lipinski definition) is 1. The maximum atomic E-state index is 5.61. The van der Waals surface area contributed by atoms with Crippen molar-refractivity contribution in [1.82, 2.24) is 4.98 Å². The Labute approximate surface area is 92.5 Å². The molecule has 15 heavy (non-hydrogen) atoms. The Morgan fingerprint density at radius 2 is 2.20 bits per heavy atom. The van der Waals surface area contributed by atoms with Crippen LogP contribution in [0.5, 0.6) is 5.75 Å². The molecule has 0 amide bonds. The normalized spacial score (nSPS) is 10.3. The van der Waals surface area contributed by atoms with Crippen molar-refractivity contribution in [2.75, 3.05) is 12.8 Å². The Kier molecular flexibility index (Phi) is 2.60. The Morgan fingerprint density at radius 3 is 2.80 bits per heavy atom. The summed E-state index contributed by atoms with van der Waals surface area (Å²) in [6.45, 7) is 2.01. The maximum absolute atomic E-state index is 5.61. The number of nitrogens with zero attached hydrogens (tertiary/aromatic N) is 1. The number of para-hydroxylation sites is 1. The standard InChI is InChI=1S/C11H12N2OS/c1-7-4-3-5-8(10(7)14-2)9-6-15-11(12)13-9/h3-6H,1-2H3,(H2,12,13). The summed E-state index contributed by atoms with van der Waals surface area (Å²) < 4.78 is 5.36. The lowest BCUT2D eigenvalue weighted by molar-refractivity contribution is 0.413. The minimum absolute atomic E-state index is 0.577. The topological polar surface area (TPSA) is 48.1 Å². The van der Waals surface area contributed by atoms with Gasteiger partial charge < -0.3 is 10.5 Å². The van der Waals surface area contributed by atoms with Crippen LogP contribution in [-0.4, -0.2) is 12.1 Å². The van der Waals surface area contributed by atoms with E-state index in [-0.39, 0.29) is 0 Å². The molecule has 0 saturated carbocycles. The number of hydrogen-bond acceptors (Lipinski definition) is 4. The molecule has 1 heterocycles. The van der Waals surface area contributed by atoms with Crippen LogP contribution in [0.25, 0.3) is 11.3 Å². The molecule has 2 rings (SSSR count). The highest BCUT2D eigenvalue weighted by atomic mass is 32.1. The van der Waals surface area contributed by atoms with Gasteiger partial charge in [-0.1, -0.05) is 12.1 Å². The van der Waals surface area contributed by atoms with E-state index in [1.165, 1.54) is 11.3 Å². The van der Waals surface area contributed by atoms with Crippen molar-refractivity contribution in [3.63, 3.8) is 0 Å². The molecule has 3 nitrogen and oxygen atoms in total. The van der Waals surface area contributed by atoms with Crippen LogP contribution in [0.1, 0.15) is 5.56 Å². The average molecular weight is 220 g/mol. The summed E-state index contributed by atoms with van der Waals surface area (Å²) in [4.78, 5) is 4.25. The molecule has 0 spiro atoms. The SMILES string of the molecule is COc1c(C)cccc1-c1csc(N)n1. The first-order chi connectivity index (χ1) is 7.22. The van der Waals surface area contributed by atoms with E-state index in [9.17, 15) is 0 Å². The van der Waals surface area contributed by atoms with Crippen molar-refractivity contribution in [3.8, 4) is 17.0 Å². The number of nitrogens with two attached hydrogens (primary N) is 1. The van der Waals surface area contributed by atoms with E-state index in [1.54, 1.807) is 7.11 Å². The highest BCUT2D eigenvalue weighted by molar-refractivity contribution is 7.13. The summed E-state index contributed by atoms with van der Waals surface area (Å²) >= 11 is 1.44. The van der Waals surface area contributed by atoms with Crippen LogP contribution in [0.2, 0.25) is 0 Å². The van der Waals surface area contributed by atoms with Crippen molar-refractivity contribution in [3.05, 3.63) is 29.1 Å². The van der Waals surface area contributed by atoms with E-state index >= 15 is 0 Å². The first-order valence-electron chi connectivity index (χ1n) is 4.57. The zero-order chi connectivity index (χ0) is 10.8. The van der Waals surface area contributed by atoms with Gasteiger partial charge >= 0.3 is 0 Å². The van der Waals surface area contributed by atoms with E-state index in [0.717, 1.165) is 22.6 Å². The number of rotatable bonds is 2. The molecule has 0 bridgehead atoms. The lowest BCUT2D eigenvalue weighted by Gasteiger charge is -2.08. The summed E-state index contributed by atoms with van der Waals surface area (Å²) in [6.07, 6.45) is 0. The van der Waals surface area contributed by atoms with Crippen LogP contribution < -0.4 is 10.5 Å². The summed E-state index contributed by atoms with van der Waals surface area (Å²) in [5, 5.41) is 2.51. The van der Waals surface area contributed by atoms with Crippen LogP contribution in [-0.2, 0) is 0 Å². The molecule has 0 aliphatic rings. The number of ether oxygens (including phenoxy) is 1. The highest BCUT2D eigenvalue weighted by Gasteiger charge is 2.10. The van der Waals surface area contributed by atoms with Crippen molar-refractivity contribution >= 4 is 16.5 Å². The molecule has 0 atom stereocenters. The Hall–Kier alpha value is -1.55. The molecule has 0 fully saturated rings. The Morgan fingerprint density at radius 1 is 1.40 bits per heavy atom. The van der Waals surface area contributed by atoms with Crippen LogP contribution >= 0.6 is 11.3 Å². The number of methoxy groups -OCH3 is 1. The fourth-order valence-corrected chi connectivity index (χ4v) is 2.10. The van der Waals surface area contributed by atoms with Gasteiger partial charge in [0, 0.05) is 10.9 Å². The van der Waals surface area contributed by atoms with Crippen LogP contribution in [0.15, 0.2) is 23.6 Å². The molecule has 78 valence electrons. The molecule has 4 heteroatoms. The third kappa shape index (κ3) is 1.80. The monoisotopic (exact) mass is 220 g/mol. The second-order valence-electron chi connectivity index (χ2n) is 3.23. The maximum Gasteiger partial charge on any atom is 0.180 e. The van der Waals surface area contributed by atoms with Gasteiger partial charge in [-0.15, -0.1) is 11.3 Å². The lowest BCUT2D eigenvalue weighted by atomic mass is 10.1. The van der Waals surface area contributed by atoms with Gasteiger partial charge in [-0.25, -0.2) is 4.98 Å². The molecule has 1 aromatic heterocycles. The molecular formula is C11H12N2OS. The van der Waals surface area contributed by atoms with E-state index in [4.69, 9.17) is 10.5 Å². The fraction of sp³-hybridized carbons (Fsp3) is 0.182. The molecule has 1 aromatic carbocycles. The summed E-state index contributed by atoms with van der Waals surface area (Å²) in [5.74, 6) is 0.864. The van der Waals surface area contributed by atoms with Gasteiger partial charge in [0.2, 0.25) is 0 Å². The molecule has 0 aliphatic carbocycles. The van der Waals surface area contributed by atoms with Crippen molar-refractivity contribution in [1.29, 1.82) is 0 Å². The van der Waals surface area contributed by atoms with Gasteiger partial charge in [0.05, 0.1) is 12.8 Å². The largest absolute Gasteiger partial charge is 0.496 e. The predicted molar refractivity (Wildman–Crippen MR) is 63.3 cm³/mol. The Balaban J connectivity index is 2.57. The second-order valence-corrected chi connectivity index (χ2v) is 4.12. The minimum atomic E-state index is 0.577. The predicted octanol–water partition coefficient (Wildman–Crippen LogP) is 2.71. The number of nitrogen functional groups attached to an aromatic ring is 1. The molecule has 2 aromatic rings. The average Bonchev–Trinajstić information content (AvgIpc) is 2.64. The zero-order valence-corrected chi connectivity index (χ0v) is 9.47. The number of benzene rings is 1. The van der Waals surface area contributed by atoms with E-state index in [0.29, 0.717) is 5.13 Å². The summed E-state index contributed by atoms with van der Waals surface area (Å²) in [6, 6.07) is 5.99. The van der Waals surface area contributed by atoms with Crippen LogP contribution in [0.3, 0.4) is 0 Å². The summed E-state index contributed by atoms with van der Waals surface area (Å²) in [5.41, 5.74) is 8.58.